The van der Waals surface area contributed by atoms with Gasteiger partial charge in [-0.2, -0.15) is 0 Å². The Balaban J connectivity index is 3.53. The van der Waals surface area contributed by atoms with Gasteiger partial charge in [0.15, 0.2) is 0 Å². The highest BCUT2D eigenvalue weighted by atomic mass is 16.5. The summed E-state index contributed by atoms with van der Waals surface area (Å²) in [6.07, 6.45) is 1.17. The van der Waals surface area contributed by atoms with Crippen molar-refractivity contribution in [1.82, 2.24) is 0 Å². The monoisotopic (exact) mass is 155 g/mol. The van der Waals surface area contributed by atoms with Crippen LogP contribution in [0.3, 0.4) is 0 Å². The Hall–Kier alpha value is -0.790. The molecule has 0 aliphatic heterocycles. The maximum atomic E-state index is 10.6. The zero-order chi connectivity index (χ0) is 8.85. The van der Waals surface area contributed by atoms with Crippen molar-refractivity contribution in [2.24, 2.45) is 11.8 Å². The molecule has 0 saturated heterocycles. The molecule has 2 unspecified atom stereocenters. The zero-order valence-electron chi connectivity index (χ0n) is 7.17. The van der Waals surface area contributed by atoms with E-state index < -0.39 is 0 Å². The maximum Gasteiger partial charge on any atom is 0.330 e. The molecule has 0 aromatic carbocycles. The number of carbonyl (C=O) groups excluding carboxylic acids is 1. The molecule has 11 heavy (non-hydrogen) atoms. The normalized spacial score (nSPS) is 12.7. The van der Waals surface area contributed by atoms with Gasteiger partial charge in [-0.1, -0.05) is 27.4 Å². The number of esters is 1. The van der Waals surface area contributed by atoms with Gasteiger partial charge >= 0.3 is 5.97 Å². The predicted molar refractivity (Wildman–Crippen MR) is 44.8 cm³/mol. The summed E-state index contributed by atoms with van der Waals surface area (Å²) in [6.45, 7) is 11.5. The number of hydrogen-bond acceptors (Lipinski definition) is 2. The molecule has 0 rings (SSSR count). The molecular formula is C9H15O2. The highest BCUT2D eigenvalue weighted by Crippen LogP contribution is 2.08. The first-order valence-corrected chi connectivity index (χ1v) is 3.70. The summed E-state index contributed by atoms with van der Waals surface area (Å²) in [5, 5.41) is 0. The molecule has 0 aromatic heterocycles. The SMILES string of the molecule is [CH2]C(C)C(C)COC(=O)C=C. The van der Waals surface area contributed by atoms with Crippen molar-refractivity contribution < 1.29 is 9.53 Å². The fourth-order valence-electron chi connectivity index (χ4n) is 0.437. The zero-order valence-corrected chi connectivity index (χ0v) is 7.17. The number of ether oxygens (including phenoxy) is 1. The number of carbonyl (C=O) groups is 1. The van der Waals surface area contributed by atoms with E-state index in [2.05, 4.69) is 13.5 Å². The molecule has 1 radical (unpaired) electrons. The molecule has 0 bridgehead atoms. The van der Waals surface area contributed by atoms with Gasteiger partial charge in [-0.3, -0.25) is 0 Å². The molecule has 2 heteroatoms. The molecule has 0 N–H and O–H groups in total. The summed E-state index contributed by atoms with van der Waals surface area (Å²) in [7, 11) is 0. The first-order valence-electron chi connectivity index (χ1n) is 3.70. The second kappa shape index (κ2) is 4.94. The summed E-state index contributed by atoms with van der Waals surface area (Å²) < 4.78 is 4.82. The Morgan fingerprint density at radius 3 is 2.55 bits per heavy atom. The molecular weight excluding hydrogens is 140 g/mol. The fraction of sp³-hybridized carbons (Fsp3) is 0.556. The van der Waals surface area contributed by atoms with Gasteiger partial charge in [-0.05, 0) is 11.8 Å². The quantitative estimate of drug-likeness (QED) is 0.457. The Morgan fingerprint density at radius 1 is 1.64 bits per heavy atom. The first kappa shape index (κ1) is 10.2. The van der Waals surface area contributed by atoms with Crippen molar-refractivity contribution in [3.05, 3.63) is 19.6 Å². The van der Waals surface area contributed by atoms with Gasteiger partial charge in [0.25, 0.3) is 0 Å². The second-order valence-corrected chi connectivity index (χ2v) is 2.79. The minimum atomic E-state index is -0.363. The van der Waals surface area contributed by atoms with E-state index in [0.29, 0.717) is 18.4 Å². The van der Waals surface area contributed by atoms with Crippen LogP contribution in [-0.2, 0) is 9.53 Å². The van der Waals surface area contributed by atoms with Crippen LogP contribution < -0.4 is 0 Å². The van der Waals surface area contributed by atoms with E-state index in [9.17, 15) is 4.79 Å². The van der Waals surface area contributed by atoms with E-state index in [4.69, 9.17) is 4.74 Å². The molecule has 0 fully saturated rings. The van der Waals surface area contributed by atoms with Crippen LogP contribution in [0.5, 0.6) is 0 Å². The summed E-state index contributed by atoms with van der Waals surface area (Å²) in [5.74, 6) is 0.240. The van der Waals surface area contributed by atoms with E-state index >= 15 is 0 Å². The van der Waals surface area contributed by atoms with Crippen LogP contribution in [0.15, 0.2) is 12.7 Å². The Bertz CT molecular complexity index is 138. The molecule has 0 aliphatic rings. The average Bonchev–Trinajstić information content (AvgIpc) is 1.99. The van der Waals surface area contributed by atoms with Crippen molar-refractivity contribution in [2.45, 2.75) is 13.8 Å². The molecule has 0 heterocycles. The smallest absolute Gasteiger partial charge is 0.330 e. The Labute approximate surface area is 68.2 Å². The van der Waals surface area contributed by atoms with Crippen molar-refractivity contribution in [1.29, 1.82) is 0 Å². The van der Waals surface area contributed by atoms with Crippen LogP contribution in [0.1, 0.15) is 13.8 Å². The molecule has 0 amide bonds. The minimum absolute atomic E-state index is 0.299. The number of rotatable bonds is 4. The van der Waals surface area contributed by atoms with Gasteiger partial charge < -0.3 is 4.74 Å². The van der Waals surface area contributed by atoms with E-state index in [-0.39, 0.29) is 5.97 Å². The highest BCUT2D eigenvalue weighted by molar-refractivity contribution is 5.81. The lowest BCUT2D eigenvalue weighted by atomic mass is 9.99. The van der Waals surface area contributed by atoms with E-state index in [0.717, 1.165) is 0 Å². The lowest BCUT2D eigenvalue weighted by molar-refractivity contribution is -0.139. The van der Waals surface area contributed by atoms with Crippen LogP contribution in [-0.4, -0.2) is 12.6 Å². The largest absolute Gasteiger partial charge is 0.462 e. The van der Waals surface area contributed by atoms with Gasteiger partial charge in [0.05, 0.1) is 6.61 Å². The van der Waals surface area contributed by atoms with E-state index in [1.807, 2.05) is 13.8 Å². The Kier molecular flexibility index (Phi) is 4.59. The fourth-order valence-corrected chi connectivity index (χ4v) is 0.437. The van der Waals surface area contributed by atoms with Crippen LogP contribution in [0, 0.1) is 18.8 Å². The van der Waals surface area contributed by atoms with Gasteiger partial charge in [0.1, 0.15) is 0 Å². The predicted octanol–water partition coefficient (Wildman–Crippen LogP) is 1.82. The molecule has 0 spiro atoms. The third-order valence-electron chi connectivity index (χ3n) is 1.63. The van der Waals surface area contributed by atoms with Crippen LogP contribution >= 0.6 is 0 Å². The average molecular weight is 155 g/mol. The summed E-state index contributed by atoms with van der Waals surface area (Å²) >= 11 is 0. The second-order valence-electron chi connectivity index (χ2n) is 2.79. The van der Waals surface area contributed by atoms with Crippen molar-refractivity contribution in [2.75, 3.05) is 6.61 Å². The summed E-state index contributed by atoms with van der Waals surface area (Å²) in [4.78, 5) is 10.6. The first-order chi connectivity index (χ1) is 5.07. The topological polar surface area (TPSA) is 26.3 Å². The lowest BCUT2D eigenvalue weighted by Crippen LogP contribution is -2.14. The van der Waals surface area contributed by atoms with E-state index in [1.165, 1.54) is 6.08 Å². The van der Waals surface area contributed by atoms with Gasteiger partial charge in [-0.15, -0.1) is 0 Å². The third kappa shape index (κ3) is 4.59. The highest BCUT2D eigenvalue weighted by Gasteiger charge is 2.08. The maximum absolute atomic E-state index is 10.6. The molecule has 63 valence electrons. The summed E-state index contributed by atoms with van der Waals surface area (Å²) in [5.41, 5.74) is 0. The van der Waals surface area contributed by atoms with Gasteiger partial charge in [-0.25, -0.2) is 4.79 Å². The van der Waals surface area contributed by atoms with Crippen LogP contribution in [0.2, 0.25) is 0 Å². The van der Waals surface area contributed by atoms with Gasteiger partial charge in [0, 0.05) is 6.08 Å². The third-order valence-corrected chi connectivity index (χ3v) is 1.63. The minimum Gasteiger partial charge on any atom is -0.462 e. The number of hydrogen-bond donors (Lipinski definition) is 0. The van der Waals surface area contributed by atoms with Crippen molar-refractivity contribution in [3.63, 3.8) is 0 Å². The van der Waals surface area contributed by atoms with Gasteiger partial charge in [0.2, 0.25) is 0 Å². The standard InChI is InChI=1S/C9H15O2/c1-5-9(10)11-6-8(4)7(2)3/h5,7-8H,1-2,6H2,3-4H3. The van der Waals surface area contributed by atoms with Crippen molar-refractivity contribution in [3.8, 4) is 0 Å². The Morgan fingerprint density at radius 2 is 2.18 bits per heavy atom. The van der Waals surface area contributed by atoms with Crippen LogP contribution in [0.4, 0.5) is 0 Å². The molecule has 2 nitrogen and oxygen atoms in total. The van der Waals surface area contributed by atoms with E-state index in [1.54, 1.807) is 0 Å². The molecule has 0 aromatic rings. The summed E-state index contributed by atoms with van der Waals surface area (Å²) in [6, 6.07) is 0. The molecule has 0 aliphatic carbocycles. The van der Waals surface area contributed by atoms with Crippen molar-refractivity contribution >= 4 is 5.97 Å². The van der Waals surface area contributed by atoms with Crippen LogP contribution in [0.25, 0.3) is 0 Å². The molecule has 0 saturated carbocycles. The molecule has 2 atom stereocenters. The lowest BCUT2D eigenvalue weighted by Gasteiger charge is -2.14.